The van der Waals surface area contributed by atoms with Crippen LogP contribution in [0.5, 0.6) is 0 Å². The summed E-state index contributed by atoms with van der Waals surface area (Å²) in [4.78, 5) is 17.2. The molecule has 0 radical (unpaired) electrons. The van der Waals surface area contributed by atoms with Crippen LogP contribution in [0.4, 0.5) is 23.1 Å². The van der Waals surface area contributed by atoms with E-state index in [9.17, 15) is 0 Å². The Kier molecular flexibility index (Phi) is 7.63. The summed E-state index contributed by atoms with van der Waals surface area (Å²) in [5.74, 6) is 2.12. The van der Waals surface area contributed by atoms with Crippen LogP contribution in [-0.2, 0) is 0 Å². The van der Waals surface area contributed by atoms with Crippen LogP contribution in [0, 0.1) is 5.92 Å². The van der Waals surface area contributed by atoms with Gasteiger partial charge < -0.3 is 21.3 Å². The third-order valence-corrected chi connectivity index (χ3v) is 8.28. The second-order valence-electron chi connectivity index (χ2n) is 11.3. The minimum absolute atomic E-state index is 0.298. The number of hydrogen-bond donors (Lipinski definition) is 3. The smallest absolute Gasteiger partial charge is 0.227 e. The van der Waals surface area contributed by atoms with Crippen molar-refractivity contribution in [2.45, 2.75) is 70.4 Å². The first-order chi connectivity index (χ1) is 19.1. The molecule has 6 rings (SSSR count). The van der Waals surface area contributed by atoms with Gasteiger partial charge in [0.1, 0.15) is 6.33 Å². The quantitative estimate of drug-likeness (QED) is 0.274. The maximum absolute atomic E-state index is 6.15. The topological polar surface area (TPSA) is 96.9 Å². The highest BCUT2D eigenvalue weighted by molar-refractivity contribution is 5.88. The molecular weight excluding hydrogens is 484 g/mol. The van der Waals surface area contributed by atoms with Crippen LogP contribution in [-0.4, -0.2) is 44.7 Å². The van der Waals surface area contributed by atoms with E-state index < -0.39 is 0 Å². The van der Waals surface area contributed by atoms with Gasteiger partial charge in [-0.05, 0) is 74.8 Å². The van der Waals surface area contributed by atoms with Gasteiger partial charge in [0.2, 0.25) is 5.95 Å². The lowest BCUT2D eigenvalue weighted by Gasteiger charge is -2.29. The molecule has 1 saturated heterocycles. The molecular formula is C31H40N8. The minimum Gasteiger partial charge on any atom is -0.371 e. The number of anilines is 4. The van der Waals surface area contributed by atoms with Crippen LogP contribution in [0.2, 0.25) is 0 Å². The number of fused-ring (bicyclic) bond motifs is 1. The SMILES string of the molecule is CC1CCCCN(c2cccc(Nc3nc(NC4CCC(N)CC4)nc4c3ncn4-c3ccccc3)c2)CC1. The number of benzene rings is 2. The highest BCUT2D eigenvalue weighted by Crippen LogP contribution is 2.30. The van der Waals surface area contributed by atoms with E-state index in [0.717, 1.165) is 67.2 Å². The predicted molar refractivity (Wildman–Crippen MR) is 160 cm³/mol. The van der Waals surface area contributed by atoms with E-state index >= 15 is 0 Å². The molecule has 1 unspecified atom stereocenters. The molecule has 2 aromatic heterocycles. The molecule has 3 heterocycles. The second-order valence-corrected chi connectivity index (χ2v) is 11.3. The van der Waals surface area contributed by atoms with Crippen molar-refractivity contribution in [1.82, 2.24) is 19.5 Å². The van der Waals surface area contributed by atoms with Crippen molar-refractivity contribution >= 4 is 34.3 Å². The number of nitrogens with one attached hydrogen (secondary N) is 2. The second kappa shape index (κ2) is 11.6. The molecule has 8 heteroatoms. The number of para-hydroxylation sites is 1. The molecule has 2 aromatic carbocycles. The van der Waals surface area contributed by atoms with Crippen molar-refractivity contribution in [3.05, 3.63) is 60.9 Å². The fourth-order valence-corrected chi connectivity index (χ4v) is 5.88. The first-order valence-corrected chi connectivity index (χ1v) is 14.6. The summed E-state index contributed by atoms with van der Waals surface area (Å²) in [6.07, 6.45) is 11.1. The predicted octanol–water partition coefficient (Wildman–Crippen LogP) is 6.26. The van der Waals surface area contributed by atoms with E-state index in [2.05, 4.69) is 58.9 Å². The van der Waals surface area contributed by atoms with Gasteiger partial charge in [0.15, 0.2) is 17.0 Å². The molecule has 1 aliphatic carbocycles. The zero-order valence-electron chi connectivity index (χ0n) is 22.9. The van der Waals surface area contributed by atoms with Gasteiger partial charge in [-0.2, -0.15) is 9.97 Å². The van der Waals surface area contributed by atoms with Gasteiger partial charge in [-0.3, -0.25) is 4.57 Å². The van der Waals surface area contributed by atoms with Crippen molar-refractivity contribution < 1.29 is 0 Å². The molecule has 1 saturated carbocycles. The van der Waals surface area contributed by atoms with Gasteiger partial charge in [0.05, 0.1) is 0 Å². The largest absolute Gasteiger partial charge is 0.371 e. The number of aromatic nitrogens is 4. The molecule has 0 bridgehead atoms. The highest BCUT2D eigenvalue weighted by atomic mass is 15.2. The first kappa shape index (κ1) is 25.6. The van der Waals surface area contributed by atoms with Crippen LogP contribution in [0.15, 0.2) is 60.9 Å². The molecule has 204 valence electrons. The summed E-state index contributed by atoms with van der Waals surface area (Å²) in [6, 6.07) is 19.5. The van der Waals surface area contributed by atoms with E-state index in [1.165, 1.54) is 31.4 Å². The van der Waals surface area contributed by atoms with Crippen LogP contribution >= 0.6 is 0 Å². The maximum Gasteiger partial charge on any atom is 0.227 e. The molecule has 0 spiro atoms. The van der Waals surface area contributed by atoms with Crippen molar-refractivity contribution in [3.63, 3.8) is 0 Å². The summed E-state index contributed by atoms with van der Waals surface area (Å²) in [5.41, 5.74) is 11.0. The van der Waals surface area contributed by atoms with Crippen LogP contribution in [0.25, 0.3) is 16.9 Å². The Hall–Kier alpha value is -3.65. The summed E-state index contributed by atoms with van der Waals surface area (Å²) < 4.78 is 2.03. The Labute approximate surface area is 231 Å². The third-order valence-electron chi connectivity index (χ3n) is 8.28. The van der Waals surface area contributed by atoms with Crippen molar-refractivity contribution in [3.8, 4) is 5.69 Å². The number of nitrogens with two attached hydrogens (primary N) is 1. The van der Waals surface area contributed by atoms with E-state index in [-0.39, 0.29) is 0 Å². The zero-order chi connectivity index (χ0) is 26.6. The summed E-state index contributed by atoms with van der Waals surface area (Å²) in [5, 5.41) is 7.20. The minimum atomic E-state index is 0.298. The highest BCUT2D eigenvalue weighted by Gasteiger charge is 2.21. The van der Waals surface area contributed by atoms with E-state index in [1.807, 2.05) is 29.1 Å². The Morgan fingerprint density at radius 2 is 1.67 bits per heavy atom. The monoisotopic (exact) mass is 524 g/mol. The Morgan fingerprint density at radius 1 is 0.846 bits per heavy atom. The molecule has 4 N–H and O–H groups in total. The lowest BCUT2D eigenvalue weighted by Crippen LogP contribution is -2.33. The van der Waals surface area contributed by atoms with Crippen molar-refractivity contribution in [1.29, 1.82) is 0 Å². The molecule has 39 heavy (non-hydrogen) atoms. The summed E-state index contributed by atoms with van der Waals surface area (Å²) in [6.45, 7) is 4.58. The van der Waals surface area contributed by atoms with Crippen molar-refractivity contribution in [2.24, 2.45) is 11.7 Å². The lowest BCUT2D eigenvalue weighted by molar-refractivity contribution is 0.410. The first-order valence-electron chi connectivity index (χ1n) is 14.6. The zero-order valence-corrected chi connectivity index (χ0v) is 22.9. The standard InChI is InChI=1S/C31H40N8/c1-22-8-5-6-18-38(19-17-22)27-12-7-9-25(20-27)34-29-28-30(39(21-33-28)26-10-3-2-4-11-26)37-31(36-29)35-24-15-13-23(32)14-16-24/h2-4,7,9-12,20-24H,5-6,8,13-19,32H2,1H3,(H2,34,35,36,37). The van der Waals surface area contributed by atoms with E-state index in [1.54, 1.807) is 0 Å². The van der Waals surface area contributed by atoms with Gasteiger partial charge in [-0.1, -0.05) is 44.0 Å². The fourth-order valence-electron chi connectivity index (χ4n) is 5.88. The van der Waals surface area contributed by atoms with Gasteiger partial charge in [-0.25, -0.2) is 4.98 Å². The van der Waals surface area contributed by atoms with Crippen LogP contribution in [0.1, 0.15) is 58.3 Å². The average Bonchev–Trinajstić information content (AvgIpc) is 3.37. The molecule has 2 aliphatic rings. The molecule has 0 amide bonds. The Bertz CT molecular complexity index is 1380. The molecule has 8 nitrogen and oxygen atoms in total. The fraction of sp³-hybridized carbons (Fsp3) is 0.452. The van der Waals surface area contributed by atoms with E-state index in [0.29, 0.717) is 23.8 Å². The van der Waals surface area contributed by atoms with Crippen LogP contribution < -0.4 is 21.3 Å². The summed E-state index contributed by atoms with van der Waals surface area (Å²) >= 11 is 0. The van der Waals surface area contributed by atoms with Gasteiger partial charge in [0.25, 0.3) is 0 Å². The van der Waals surface area contributed by atoms with Crippen LogP contribution in [0.3, 0.4) is 0 Å². The van der Waals surface area contributed by atoms with Gasteiger partial charge in [0, 0.05) is 42.2 Å². The molecule has 4 aromatic rings. The Balaban J connectivity index is 1.32. The molecule has 2 fully saturated rings. The normalized spacial score (nSPS) is 22.3. The lowest BCUT2D eigenvalue weighted by atomic mass is 9.92. The van der Waals surface area contributed by atoms with E-state index in [4.69, 9.17) is 20.7 Å². The third kappa shape index (κ3) is 6.01. The number of imidazole rings is 1. The maximum atomic E-state index is 6.15. The number of rotatable bonds is 6. The van der Waals surface area contributed by atoms with Crippen molar-refractivity contribution in [2.75, 3.05) is 28.6 Å². The van der Waals surface area contributed by atoms with Gasteiger partial charge >= 0.3 is 0 Å². The number of nitrogens with zero attached hydrogens (tertiary/aromatic N) is 5. The number of hydrogen-bond acceptors (Lipinski definition) is 7. The Morgan fingerprint density at radius 3 is 2.51 bits per heavy atom. The average molecular weight is 525 g/mol. The molecule has 1 atom stereocenters. The summed E-state index contributed by atoms with van der Waals surface area (Å²) in [7, 11) is 0. The molecule has 1 aliphatic heterocycles. The van der Waals surface area contributed by atoms with Gasteiger partial charge in [-0.15, -0.1) is 0 Å².